The molecule has 7 heteroatoms. The monoisotopic (exact) mass is 381 g/mol. The molecule has 0 spiro atoms. The third kappa shape index (κ3) is 4.75. The summed E-state index contributed by atoms with van der Waals surface area (Å²) in [5, 5.41) is 5.75. The van der Waals surface area contributed by atoms with E-state index in [2.05, 4.69) is 27.7 Å². The number of amides is 2. The number of anilines is 1. The van der Waals surface area contributed by atoms with Gasteiger partial charge < -0.3 is 24.8 Å². The van der Waals surface area contributed by atoms with Crippen LogP contribution in [0.15, 0.2) is 54.6 Å². The second kappa shape index (κ2) is 8.67. The molecule has 0 saturated carbocycles. The fourth-order valence-electron chi connectivity index (χ4n) is 3.08. The Morgan fingerprint density at radius 2 is 1.93 bits per heavy atom. The van der Waals surface area contributed by atoms with E-state index in [4.69, 9.17) is 14.2 Å². The van der Waals surface area contributed by atoms with Crippen LogP contribution in [0.2, 0.25) is 0 Å². The molecule has 0 aliphatic carbocycles. The van der Waals surface area contributed by atoms with Crippen molar-refractivity contribution in [3.63, 3.8) is 0 Å². The molecule has 4 rings (SSSR count). The predicted octanol–water partition coefficient (Wildman–Crippen LogP) is 2.99. The average Bonchev–Trinajstić information content (AvgIpc) is 3.38. The van der Waals surface area contributed by atoms with Crippen LogP contribution in [0.1, 0.15) is 5.56 Å². The van der Waals surface area contributed by atoms with Gasteiger partial charge in [0.05, 0.1) is 0 Å². The summed E-state index contributed by atoms with van der Waals surface area (Å²) >= 11 is 0. The van der Waals surface area contributed by atoms with E-state index in [1.165, 1.54) is 0 Å². The largest absolute Gasteiger partial charge is 0.489 e. The van der Waals surface area contributed by atoms with E-state index in [0.717, 1.165) is 36.6 Å². The highest BCUT2D eigenvalue weighted by Crippen LogP contribution is 2.35. The Labute approximate surface area is 163 Å². The molecule has 2 aliphatic heterocycles. The van der Waals surface area contributed by atoms with E-state index in [0.29, 0.717) is 24.7 Å². The first kappa shape index (κ1) is 18.2. The van der Waals surface area contributed by atoms with Gasteiger partial charge in [0, 0.05) is 37.9 Å². The molecule has 2 aliphatic rings. The molecule has 2 aromatic rings. The molecule has 2 aromatic carbocycles. The highest BCUT2D eigenvalue weighted by molar-refractivity contribution is 5.89. The van der Waals surface area contributed by atoms with E-state index in [-0.39, 0.29) is 12.8 Å². The number of benzene rings is 2. The minimum atomic E-state index is -0.207. The van der Waals surface area contributed by atoms with Crippen molar-refractivity contribution < 1.29 is 19.0 Å². The third-order valence-electron chi connectivity index (χ3n) is 4.54. The molecule has 0 unspecified atom stereocenters. The first-order valence-electron chi connectivity index (χ1n) is 9.30. The summed E-state index contributed by atoms with van der Waals surface area (Å²) in [5.41, 5.74) is 1.69. The van der Waals surface area contributed by atoms with Gasteiger partial charge in [-0.05, 0) is 29.8 Å². The van der Waals surface area contributed by atoms with Crippen LogP contribution in [0.5, 0.6) is 17.2 Å². The summed E-state index contributed by atoms with van der Waals surface area (Å²) < 4.78 is 16.5. The van der Waals surface area contributed by atoms with E-state index in [1.54, 1.807) is 0 Å². The Bertz CT molecular complexity index is 860. The van der Waals surface area contributed by atoms with E-state index in [9.17, 15) is 4.79 Å². The fourth-order valence-corrected chi connectivity index (χ4v) is 3.08. The van der Waals surface area contributed by atoms with Crippen molar-refractivity contribution in [2.24, 2.45) is 0 Å². The summed E-state index contributed by atoms with van der Waals surface area (Å²) in [5.74, 6) is 2.12. The summed E-state index contributed by atoms with van der Waals surface area (Å²) in [4.78, 5) is 14.3. The van der Waals surface area contributed by atoms with Gasteiger partial charge in [-0.1, -0.05) is 24.3 Å². The van der Waals surface area contributed by atoms with Gasteiger partial charge in [-0.2, -0.15) is 0 Å². The van der Waals surface area contributed by atoms with Crippen molar-refractivity contribution in [2.75, 3.05) is 38.3 Å². The van der Waals surface area contributed by atoms with E-state index < -0.39 is 0 Å². The molecular formula is C21H23N3O4. The topological polar surface area (TPSA) is 72.1 Å². The van der Waals surface area contributed by atoms with Gasteiger partial charge in [0.25, 0.3) is 0 Å². The number of rotatable bonds is 7. The van der Waals surface area contributed by atoms with Crippen LogP contribution < -0.4 is 24.8 Å². The second-order valence-electron chi connectivity index (χ2n) is 6.62. The zero-order valence-electron chi connectivity index (χ0n) is 15.5. The standard InChI is InChI=1S/C21H23N3O4/c25-21(22-8-11-24-9-1-2-10-24)23-17-5-3-4-16(12-17)14-26-18-6-7-19-20(13-18)28-15-27-19/h1-7,12-13H,8-11,14-15H2,(H2,22,23,25). The summed E-state index contributed by atoms with van der Waals surface area (Å²) in [6, 6.07) is 12.9. The molecule has 0 radical (unpaired) electrons. The molecule has 0 bridgehead atoms. The second-order valence-corrected chi connectivity index (χ2v) is 6.62. The summed E-state index contributed by atoms with van der Waals surface area (Å²) in [6.07, 6.45) is 4.27. The molecule has 2 heterocycles. The summed E-state index contributed by atoms with van der Waals surface area (Å²) in [6.45, 7) is 3.98. The van der Waals surface area contributed by atoms with Crippen molar-refractivity contribution in [2.45, 2.75) is 6.61 Å². The number of urea groups is 1. The Morgan fingerprint density at radius 1 is 1.07 bits per heavy atom. The minimum Gasteiger partial charge on any atom is -0.489 e. The molecular weight excluding hydrogens is 358 g/mol. The Morgan fingerprint density at radius 3 is 2.82 bits per heavy atom. The smallest absolute Gasteiger partial charge is 0.319 e. The minimum absolute atomic E-state index is 0.207. The average molecular weight is 381 g/mol. The Balaban J connectivity index is 1.25. The van der Waals surface area contributed by atoms with Crippen LogP contribution >= 0.6 is 0 Å². The summed E-state index contributed by atoms with van der Waals surface area (Å²) in [7, 11) is 0. The van der Waals surface area contributed by atoms with Crippen molar-refractivity contribution in [3.8, 4) is 17.2 Å². The zero-order chi connectivity index (χ0) is 19.2. The number of hydrogen-bond acceptors (Lipinski definition) is 5. The molecule has 0 aromatic heterocycles. The maximum atomic E-state index is 12.1. The van der Waals surface area contributed by atoms with Crippen molar-refractivity contribution in [1.82, 2.24) is 10.2 Å². The van der Waals surface area contributed by atoms with E-state index in [1.807, 2.05) is 42.5 Å². The fraction of sp³-hybridized carbons (Fsp3) is 0.286. The predicted molar refractivity (Wildman–Crippen MR) is 106 cm³/mol. The van der Waals surface area contributed by atoms with Crippen LogP contribution in [0.3, 0.4) is 0 Å². The Kier molecular flexibility index (Phi) is 5.63. The first-order chi connectivity index (χ1) is 13.8. The van der Waals surface area contributed by atoms with Crippen molar-refractivity contribution >= 4 is 11.7 Å². The maximum Gasteiger partial charge on any atom is 0.319 e. The van der Waals surface area contributed by atoms with Crippen LogP contribution in [0.4, 0.5) is 10.5 Å². The van der Waals surface area contributed by atoms with Crippen LogP contribution in [-0.2, 0) is 6.61 Å². The number of nitrogens with zero attached hydrogens (tertiary/aromatic N) is 1. The highest BCUT2D eigenvalue weighted by atomic mass is 16.7. The van der Waals surface area contributed by atoms with Gasteiger partial charge in [0.1, 0.15) is 12.4 Å². The normalized spacial score (nSPS) is 14.9. The molecule has 7 nitrogen and oxygen atoms in total. The van der Waals surface area contributed by atoms with Crippen LogP contribution in [-0.4, -0.2) is 43.9 Å². The molecule has 0 atom stereocenters. The highest BCUT2D eigenvalue weighted by Gasteiger charge is 2.13. The zero-order valence-corrected chi connectivity index (χ0v) is 15.5. The van der Waals surface area contributed by atoms with Crippen molar-refractivity contribution in [3.05, 3.63) is 60.2 Å². The van der Waals surface area contributed by atoms with Gasteiger partial charge in [0.2, 0.25) is 6.79 Å². The van der Waals surface area contributed by atoms with Crippen molar-refractivity contribution in [1.29, 1.82) is 0 Å². The van der Waals surface area contributed by atoms with Crippen LogP contribution in [0, 0.1) is 0 Å². The quantitative estimate of drug-likeness (QED) is 0.722. The molecule has 2 N–H and O–H groups in total. The van der Waals surface area contributed by atoms with Gasteiger partial charge in [-0.3, -0.25) is 4.90 Å². The number of fused-ring (bicyclic) bond motifs is 1. The number of hydrogen-bond donors (Lipinski definition) is 2. The molecule has 2 amide bonds. The lowest BCUT2D eigenvalue weighted by Crippen LogP contribution is -2.36. The van der Waals surface area contributed by atoms with Gasteiger partial charge in [-0.25, -0.2) is 4.79 Å². The first-order valence-corrected chi connectivity index (χ1v) is 9.30. The molecule has 0 saturated heterocycles. The molecule has 0 fully saturated rings. The number of nitrogens with one attached hydrogen (secondary N) is 2. The molecule has 146 valence electrons. The SMILES string of the molecule is O=C(NCCN1CC=CC1)Nc1cccc(COc2ccc3c(c2)OCO3)c1. The van der Waals surface area contributed by atoms with Gasteiger partial charge in [0.15, 0.2) is 11.5 Å². The lowest BCUT2D eigenvalue weighted by Gasteiger charge is -2.15. The maximum absolute atomic E-state index is 12.1. The van der Waals surface area contributed by atoms with Gasteiger partial charge >= 0.3 is 6.03 Å². The van der Waals surface area contributed by atoms with Crippen LogP contribution in [0.25, 0.3) is 0 Å². The lowest BCUT2D eigenvalue weighted by molar-refractivity contribution is 0.173. The third-order valence-corrected chi connectivity index (χ3v) is 4.54. The van der Waals surface area contributed by atoms with E-state index >= 15 is 0 Å². The van der Waals surface area contributed by atoms with Gasteiger partial charge in [-0.15, -0.1) is 0 Å². The number of ether oxygens (including phenoxy) is 3. The lowest BCUT2D eigenvalue weighted by atomic mass is 10.2. The number of carbonyl (C=O) groups excluding carboxylic acids is 1. The number of carbonyl (C=O) groups is 1. The Hall–Kier alpha value is -3.19. The molecule has 28 heavy (non-hydrogen) atoms.